The predicted octanol–water partition coefficient (Wildman–Crippen LogP) is 2.50. The molecule has 4 rings (SSSR count). The Hall–Kier alpha value is -3.41. The Labute approximate surface area is 149 Å². The van der Waals surface area contributed by atoms with Gasteiger partial charge in [0.25, 0.3) is 5.56 Å². The van der Waals surface area contributed by atoms with Crippen LogP contribution in [0.2, 0.25) is 0 Å². The topological polar surface area (TPSA) is 79.8 Å². The number of para-hydroxylation sites is 1. The van der Waals surface area contributed by atoms with E-state index >= 15 is 0 Å². The lowest BCUT2D eigenvalue weighted by Crippen LogP contribution is -2.33. The standard InChI is InChI=1S/C20H18N4O2/c1-13-6-8-14(9-7-13)10-21-18(25)12-24-20(26)19-16(11-22-24)15-4-2-3-5-17(15)23-19/h2-9,11,23H,10,12H2,1H3,(H,21,25). The zero-order valence-corrected chi connectivity index (χ0v) is 14.3. The fourth-order valence-corrected chi connectivity index (χ4v) is 2.99. The lowest BCUT2D eigenvalue weighted by Gasteiger charge is -2.07. The average Bonchev–Trinajstić information content (AvgIpc) is 3.03. The highest BCUT2D eigenvalue weighted by molar-refractivity contribution is 6.06. The van der Waals surface area contributed by atoms with E-state index in [1.807, 2.05) is 55.5 Å². The Balaban J connectivity index is 1.54. The number of hydrogen-bond donors (Lipinski definition) is 2. The van der Waals surface area contributed by atoms with Crippen molar-refractivity contribution in [3.8, 4) is 0 Å². The molecule has 26 heavy (non-hydrogen) atoms. The van der Waals surface area contributed by atoms with Gasteiger partial charge >= 0.3 is 0 Å². The van der Waals surface area contributed by atoms with Gasteiger partial charge in [-0.1, -0.05) is 48.0 Å². The first-order valence-corrected chi connectivity index (χ1v) is 8.40. The van der Waals surface area contributed by atoms with Crippen LogP contribution in [0.25, 0.3) is 21.8 Å². The summed E-state index contributed by atoms with van der Waals surface area (Å²) < 4.78 is 1.18. The summed E-state index contributed by atoms with van der Waals surface area (Å²) in [5.74, 6) is -0.254. The summed E-state index contributed by atoms with van der Waals surface area (Å²) in [6.45, 7) is 2.32. The number of nitrogens with one attached hydrogen (secondary N) is 2. The van der Waals surface area contributed by atoms with Gasteiger partial charge in [0.15, 0.2) is 0 Å². The van der Waals surface area contributed by atoms with Gasteiger partial charge in [-0.2, -0.15) is 5.10 Å². The molecule has 0 radical (unpaired) electrons. The Morgan fingerprint density at radius 3 is 2.69 bits per heavy atom. The maximum atomic E-state index is 12.6. The zero-order chi connectivity index (χ0) is 18.1. The third-order valence-corrected chi connectivity index (χ3v) is 4.42. The van der Waals surface area contributed by atoms with Crippen LogP contribution in [0.15, 0.2) is 59.5 Å². The van der Waals surface area contributed by atoms with Gasteiger partial charge < -0.3 is 10.3 Å². The minimum absolute atomic E-state index is 0.115. The number of aromatic nitrogens is 3. The van der Waals surface area contributed by atoms with Gasteiger partial charge in [0, 0.05) is 22.8 Å². The summed E-state index contributed by atoms with van der Waals surface area (Å²) in [6.07, 6.45) is 1.63. The lowest BCUT2D eigenvalue weighted by atomic mass is 10.1. The van der Waals surface area contributed by atoms with E-state index in [0.29, 0.717) is 12.1 Å². The summed E-state index contributed by atoms with van der Waals surface area (Å²) in [5, 5.41) is 8.69. The number of nitrogens with zero attached hydrogens (tertiary/aromatic N) is 2. The minimum atomic E-state index is -0.302. The number of carbonyl (C=O) groups is 1. The molecule has 0 spiro atoms. The summed E-state index contributed by atoms with van der Waals surface area (Å²) in [4.78, 5) is 27.9. The van der Waals surface area contributed by atoms with Crippen LogP contribution < -0.4 is 10.9 Å². The molecule has 6 heteroatoms. The van der Waals surface area contributed by atoms with Crippen LogP contribution in [0.5, 0.6) is 0 Å². The van der Waals surface area contributed by atoms with Crippen molar-refractivity contribution in [3.63, 3.8) is 0 Å². The number of aromatic amines is 1. The second-order valence-electron chi connectivity index (χ2n) is 6.33. The highest BCUT2D eigenvalue weighted by atomic mass is 16.2. The zero-order valence-electron chi connectivity index (χ0n) is 14.3. The van der Waals surface area contributed by atoms with Crippen molar-refractivity contribution in [2.75, 3.05) is 0 Å². The van der Waals surface area contributed by atoms with Gasteiger partial charge in [0.1, 0.15) is 12.1 Å². The van der Waals surface area contributed by atoms with Crippen molar-refractivity contribution in [1.82, 2.24) is 20.1 Å². The van der Waals surface area contributed by atoms with Gasteiger partial charge in [0.05, 0.1) is 6.20 Å². The normalized spacial score (nSPS) is 11.1. The number of rotatable bonds is 4. The molecule has 0 aliphatic rings. The molecule has 0 bridgehead atoms. The number of aryl methyl sites for hydroxylation is 1. The van der Waals surface area contributed by atoms with Crippen LogP contribution in [0.3, 0.4) is 0 Å². The maximum Gasteiger partial charge on any atom is 0.291 e. The Kier molecular flexibility index (Phi) is 4.01. The SMILES string of the molecule is Cc1ccc(CNC(=O)Cn2ncc3c([nH]c4ccccc43)c2=O)cc1. The summed E-state index contributed by atoms with van der Waals surface area (Å²) in [7, 11) is 0. The molecule has 0 atom stereocenters. The molecule has 1 amide bonds. The van der Waals surface area contributed by atoms with Crippen LogP contribution in [-0.4, -0.2) is 20.7 Å². The monoisotopic (exact) mass is 346 g/mol. The molecule has 0 aliphatic carbocycles. The minimum Gasteiger partial charge on any atom is -0.350 e. The highest BCUT2D eigenvalue weighted by Gasteiger charge is 2.12. The van der Waals surface area contributed by atoms with Gasteiger partial charge in [0.2, 0.25) is 5.91 Å². The van der Waals surface area contributed by atoms with E-state index in [9.17, 15) is 9.59 Å². The fourth-order valence-electron chi connectivity index (χ4n) is 2.99. The van der Waals surface area contributed by atoms with Crippen LogP contribution in [0, 0.1) is 6.92 Å². The Bertz CT molecular complexity index is 1160. The summed E-state index contributed by atoms with van der Waals surface area (Å²) >= 11 is 0. The number of fused-ring (bicyclic) bond motifs is 3. The quantitative estimate of drug-likeness (QED) is 0.596. The van der Waals surface area contributed by atoms with E-state index < -0.39 is 0 Å². The molecule has 0 aliphatic heterocycles. The smallest absolute Gasteiger partial charge is 0.291 e. The number of amides is 1. The molecule has 2 N–H and O–H groups in total. The molecule has 2 heterocycles. The van der Waals surface area contributed by atoms with Gasteiger partial charge in [-0.05, 0) is 18.6 Å². The average molecular weight is 346 g/mol. The first kappa shape index (κ1) is 16.1. The van der Waals surface area contributed by atoms with Crippen molar-refractivity contribution in [3.05, 3.63) is 76.2 Å². The van der Waals surface area contributed by atoms with E-state index in [4.69, 9.17) is 0 Å². The first-order chi connectivity index (χ1) is 12.6. The van der Waals surface area contributed by atoms with Crippen molar-refractivity contribution >= 4 is 27.7 Å². The molecule has 130 valence electrons. The number of benzene rings is 2. The Morgan fingerprint density at radius 1 is 1.12 bits per heavy atom. The second-order valence-corrected chi connectivity index (χ2v) is 6.33. The molecule has 0 saturated carbocycles. The molecule has 4 aromatic rings. The van der Waals surface area contributed by atoms with Crippen LogP contribution in [0.1, 0.15) is 11.1 Å². The predicted molar refractivity (Wildman–Crippen MR) is 101 cm³/mol. The second kappa shape index (κ2) is 6.48. The van der Waals surface area contributed by atoms with E-state index in [1.54, 1.807) is 6.20 Å². The molecule has 2 aromatic carbocycles. The molecule has 2 aromatic heterocycles. The van der Waals surface area contributed by atoms with E-state index in [-0.39, 0.29) is 18.0 Å². The molecule has 6 nitrogen and oxygen atoms in total. The number of carbonyl (C=O) groups excluding carboxylic acids is 1. The Morgan fingerprint density at radius 2 is 1.88 bits per heavy atom. The third-order valence-electron chi connectivity index (χ3n) is 4.42. The molecular formula is C20H18N4O2. The third kappa shape index (κ3) is 2.97. The number of H-pyrrole nitrogens is 1. The number of hydrogen-bond acceptors (Lipinski definition) is 3. The highest BCUT2D eigenvalue weighted by Crippen LogP contribution is 2.21. The molecule has 0 saturated heterocycles. The van der Waals surface area contributed by atoms with Crippen molar-refractivity contribution in [1.29, 1.82) is 0 Å². The van der Waals surface area contributed by atoms with Crippen molar-refractivity contribution < 1.29 is 4.79 Å². The van der Waals surface area contributed by atoms with Crippen molar-refractivity contribution in [2.24, 2.45) is 0 Å². The van der Waals surface area contributed by atoms with E-state index in [1.165, 1.54) is 10.2 Å². The van der Waals surface area contributed by atoms with Crippen LogP contribution in [0.4, 0.5) is 0 Å². The lowest BCUT2D eigenvalue weighted by molar-refractivity contribution is -0.122. The summed E-state index contributed by atoms with van der Waals surface area (Å²) in [5.41, 5.74) is 3.22. The largest absolute Gasteiger partial charge is 0.350 e. The van der Waals surface area contributed by atoms with Crippen molar-refractivity contribution in [2.45, 2.75) is 20.0 Å². The fraction of sp³-hybridized carbons (Fsp3) is 0.150. The van der Waals surface area contributed by atoms with E-state index in [2.05, 4.69) is 15.4 Å². The van der Waals surface area contributed by atoms with Crippen LogP contribution >= 0.6 is 0 Å². The molecular weight excluding hydrogens is 328 g/mol. The van der Waals surface area contributed by atoms with E-state index in [0.717, 1.165) is 21.9 Å². The molecule has 0 unspecified atom stereocenters. The summed E-state index contributed by atoms with van der Waals surface area (Å²) in [6, 6.07) is 15.6. The van der Waals surface area contributed by atoms with Gasteiger partial charge in [-0.15, -0.1) is 0 Å². The maximum absolute atomic E-state index is 12.6. The molecule has 0 fully saturated rings. The first-order valence-electron chi connectivity index (χ1n) is 8.40. The van der Waals surface area contributed by atoms with Crippen LogP contribution in [-0.2, 0) is 17.9 Å². The van der Waals surface area contributed by atoms with Gasteiger partial charge in [-0.3, -0.25) is 9.59 Å². The van der Waals surface area contributed by atoms with Gasteiger partial charge in [-0.25, -0.2) is 4.68 Å².